The van der Waals surface area contributed by atoms with Crippen molar-refractivity contribution in [2.45, 2.75) is 38.5 Å². The van der Waals surface area contributed by atoms with Gasteiger partial charge in [0.25, 0.3) is 5.91 Å². The normalized spacial score (nSPS) is 16.7. The van der Waals surface area contributed by atoms with E-state index in [0.29, 0.717) is 5.69 Å². The SMILES string of the molecule is O=C(c1nn(-c2ccccc2)c2c1CCC2)N1CCCN(CCCc2ccccc2)CC1. The van der Waals surface area contributed by atoms with E-state index in [0.717, 1.165) is 76.9 Å². The van der Waals surface area contributed by atoms with Crippen LogP contribution in [0, 0.1) is 0 Å². The summed E-state index contributed by atoms with van der Waals surface area (Å²) in [6, 6.07) is 20.9. The quantitative estimate of drug-likeness (QED) is 0.593. The van der Waals surface area contributed by atoms with Gasteiger partial charge in [0.15, 0.2) is 5.69 Å². The van der Waals surface area contributed by atoms with Gasteiger partial charge in [0.05, 0.1) is 5.69 Å². The lowest BCUT2D eigenvalue weighted by Gasteiger charge is -2.21. The molecule has 0 bridgehead atoms. The number of aryl methyl sites for hydroxylation is 1. The minimum atomic E-state index is 0.115. The number of hydrogen-bond donors (Lipinski definition) is 0. The monoisotopic (exact) mass is 428 g/mol. The molecule has 3 aromatic rings. The number of para-hydroxylation sites is 1. The standard InChI is InChI=1S/C27H32N4O/c32-27(26-24-15-7-16-25(24)31(28-26)23-13-5-2-6-14-23)30-19-9-18-29(20-21-30)17-8-12-22-10-3-1-4-11-22/h1-6,10-11,13-14H,7-9,12,15-21H2. The smallest absolute Gasteiger partial charge is 0.274 e. The summed E-state index contributed by atoms with van der Waals surface area (Å²) in [6.07, 6.45) is 6.37. The minimum absolute atomic E-state index is 0.115. The molecule has 0 unspecified atom stereocenters. The molecule has 1 amide bonds. The molecule has 1 saturated heterocycles. The van der Waals surface area contributed by atoms with Crippen molar-refractivity contribution in [2.75, 3.05) is 32.7 Å². The number of nitrogens with zero attached hydrogens (tertiary/aromatic N) is 4. The Bertz CT molecular complexity index is 1040. The molecule has 32 heavy (non-hydrogen) atoms. The van der Waals surface area contributed by atoms with Gasteiger partial charge >= 0.3 is 0 Å². The highest BCUT2D eigenvalue weighted by atomic mass is 16.2. The van der Waals surface area contributed by atoms with Crippen LogP contribution in [-0.4, -0.2) is 58.2 Å². The predicted octanol–water partition coefficient (Wildman–Crippen LogP) is 4.14. The van der Waals surface area contributed by atoms with Gasteiger partial charge in [-0.3, -0.25) is 4.79 Å². The Kier molecular flexibility index (Phi) is 6.35. The highest BCUT2D eigenvalue weighted by Gasteiger charge is 2.30. The molecule has 0 saturated carbocycles. The van der Waals surface area contributed by atoms with E-state index < -0.39 is 0 Å². The van der Waals surface area contributed by atoms with E-state index in [1.165, 1.54) is 16.8 Å². The Morgan fingerprint density at radius 1 is 0.844 bits per heavy atom. The maximum absolute atomic E-state index is 13.5. The fourth-order valence-corrected chi connectivity index (χ4v) is 5.09. The van der Waals surface area contributed by atoms with Gasteiger partial charge in [-0.15, -0.1) is 0 Å². The molecule has 0 radical (unpaired) electrons. The van der Waals surface area contributed by atoms with Gasteiger partial charge in [0, 0.05) is 30.9 Å². The Labute approximate surface area is 190 Å². The van der Waals surface area contributed by atoms with Crippen LogP contribution in [-0.2, 0) is 19.3 Å². The lowest BCUT2D eigenvalue weighted by Crippen LogP contribution is -2.36. The fourth-order valence-electron chi connectivity index (χ4n) is 5.09. The van der Waals surface area contributed by atoms with Gasteiger partial charge in [0.1, 0.15) is 0 Å². The zero-order valence-corrected chi connectivity index (χ0v) is 18.7. The van der Waals surface area contributed by atoms with Crippen molar-refractivity contribution >= 4 is 5.91 Å². The van der Waals surface area contributed by atoms with E-state index in [2.05, 4.69) is 47.4 Å². The zero-order chi connectivity index (χ0) is 21.8. The van der Waals surface area contributed by atoms with Crippen molar-refractivity contribution in [1.82, 2.24) is 19.6 Å². The summed E-state index contributed by atoms with van der Waals surface area (Å²) in [5.41, 5.74) is 5.52. The van der Waals surface area contributed by atoms with Crippen molar-refractivity contribution < 1.29 is 4.79 Å². The Morgan fingerprint density at radius 3 is 2.44 bits per heavy atom. The van der Waals surface area contributed by atoms with Crippen LogP contribution in [0.15, 0.2) is 60.7 Å². The zero-order valence-electron chi connectivity index (χ0n) is 18.7. The van der Waals surface area contributed by atoms with E-state index in [9.17, 15) is 4.79 Å². The number of carbonyl (C=O) groups excluding carboxylic acids is 1. The molecule has 166 valence electrons. The van der Waals surface area contributed by atoms with Gasteiger partial charge < -0.3 is 9.80 Å². The topological polar surface area (TPSA) is 41.4 Å². The summed E-state index contributed by atoms with van der Waals surface area (Å²) in [4.78, 5) is 18.0. The van der Waals surface area contributed by atoms with Gasteiger partial charge in [-0.1, -0.05) is 48.5 Å². The molecule has 1 aliphatic carbocycles. The third-order valence-corrected chi connectivity index (χ3v) is 6.79. The van der Waals surface area contributed by atoms with Gasteiger partial charge in [-0.2, -0.15) is 5.10 Å². The largest absolute Gasteiger partial charge is 0.336 e. The van der Waals surface area contributed by atoms with Crippen molar-refractivity contribution in [2.24, 2.45) is 0 Å². The maximum atomic E-state index is 13.5. The van der Waals surface area contributed by atoms with Gasteiger partial charge in [0.2, 0.25) is 0 Å². The second-order valence-corrected chi connectivity index (χ2v) is 8.95. The average Bonchev–Trinajstić information content (AvgIpc) is 3.37. The van der Waals surface area contributed by atoms with Crippen LogP contribution in [0.2, 0.25) is 0 Å². The fraction of sp³-hybridized carbons (Fsp3) is 0.407. The van der Waals surface area contributed by atoms with Crippen molar-refractivity contribution in [3.63, 3.8) is 0 Å². The van der Waals surface area contributed by atoms with Gasteiger partial charge in [-0.25, -0.2) is 4.68 Å². The lowest BCUT2D eigenvalue weighted by molar-refractivity contribution is 0.0754. The first-order valence-corrected chi connectivity index (χ1v) is 12.0. The number of amides is 1. The van der Waals surface area contributed by atoms with Crippen molar-refractivity contribution in [1.29, 1.82) is 0 Å². The summed E-state index contributed by atoms with van der Waals surface area (Å²) in [5, 5.41) is 4.82. The van der Waals surface area contributed by atoms with Crippen LogP contribution in [0.4, 0.5) is 0 Å². The second-order valence-electron chi connectivity index (χ2n) is 8.95. The molecule has 0 N–H and O–H groups in total. The minimum Gasteiger partial charge on any atom is -0.336 e. The van der Waals surface area contributed by atoms with Crippen LogP contribution >= 0.6 is 0 Å². The number of benzene rings is 2. The number of fused-ring (bicyclic) bond motifs is 1. The third kappa shape index (κ3) is 4.49. The summed E-state index contributed by atoms with van der Waals surface area (Å²) in [7, 11) is 0. The average molecular weight is 429 g/mol. The molecule has 2 heterocycles. The highest BCUT2D eigenvalue weighted by Crippen LogP contribution is 2.28. The summed E-state index contributed by atoms with van der Waals surface area (Å²) in [5.74, 6) is 0.115. The van der Waals surface area contributed by atoms with E-state index in [1.54, 1.807) is 0 Å². The molecule has 0 atom stereocenters. The molecule has 5 heteroatoms. The molecule has 1 aromatic heterocycles. The number of hydrogen-bond acceptors (Lipinski definition) is 3. The Hall–Kier alpha value is -2.92. The number of rotatable bonds is 6. The van der Waals surface area contributed by atoms with E-state index in [4.69, 9.17) is 5.10 Å². The van der Waals surface area contributed by atoms with Crippen molar-refractivity contribution in [3.8, 4) is 5.69 Å². The first-order chi connectivity index (χ1) is 15.8. The molecule has 1 aliphatic heterocycles. The number of aromatic nitrogens is 2. The van der Waals surface area contributed by atoms with Crippen LogP contribution in [0.5, 0.6) is 0 Å². The molecule has 5 nitrogen and oxygen atoms in total. The summed E-state index contributed by atoms with van der Waals surface area (Å²) in [6.45, 7) is 4.71. The Balaban J connectivity index is 1.23. The van der Waals surface area contributed by atoms with Gasteiger partial charge in [-0.05, 0) is 69.3 Å². The second kappa shape index (κ2) is 9.70. The van der Waals surface area contributed by atoms with E-state index in [-0.39, 0.29) is 5.91 Å². The Morgan fingerprint density at radius 2 is 1.62 bits per heavy atom. The third-order valence-electron chi connectivity index (χ3n) is 6.79. The van der Waals surface area contributed by atoms with Crippen molar-refractivity contribution in [3.05, 3.63) is 83.2 Å². The van der Waals surface area contributed by atoms with Crippen LogP contribution in [0.3, 0.4) is 0 Å². The molecule has 1 fully saturated rings. The molecule has 2 aromatic carbocycles. The molecule has 0 spiro atoms. The van der Waals surface area contributed by atoms with Crippen LogP contribution < -0.4 is 0 Å². The van der Waals surface area contributed by atoms with E-state index >= 15 is 0 Å². The summed E-state index contributed by atoms with van der Waals surface area (Å²) < 4.78 is 2.00. The highest BCUT2D eigenvalue weighted by molar-refractivity contribution is 5.94. The predicted molar refractivity (Wildman–Crippen MR) is 127 cm³/mol. The maximum Gasteiger partial charge on any atom is 0.274 e. The van der Waals surface area contributed by atoms with Crippen LogP contribution in [0.1, 0.15) is 46.6 Å². The van der Waals surface area contributed by atoms with Crippen LogP contribution in [0.25, 0.3) is 5.69 Å². The molecular formula is C27H32N4O. The first kappa shape index (κ1) is 21.0. The summed E-state index contributed by atoms with van der Waals surface area (Å²) >= 11 is 0. The first-order valence-electron chi connectivity index (χ1n) is 12.0. The number of carbonyl (C=O) groups is 1. The molecule has 5 rings (SSSR count). The lowest BCUT2D eigenvalue weighted by atomic mass is 10.1. The molecule has 2 aliphatic rings. The van der Waals surface area contributed by atoms with E-state index in [1.807, 2.05) is 27.8 Å². The molecular weight excluding hydrogens is 396 g/mol.